The third kappa shape index (κ3) is 4.21. The highest BCUT2D eigenvalue weighted by atomic mass is 32.2. The van der Waals surface area contributed by atoms with Crippen molar-refractivity contribution in [3.63, 3.8) is 0 Å². The zero-order valence-electron chi connectivity index (χ0n) is 11.7. The highest BCUT2D eigenvalue weighted by molar-refractivity contribution is 7.89. The lowest BCUT2D eigenvalue weighted by atomic mass is 10.3. The number of benzene rings is 1. The first-order valence-electron chi connectivity index (χ1n) is 6.70. The molecule has 0 aliphatic carbocycles. The normalized spacial score (nSPS) is 15.8. The Morgan fingerprint density at radius 1 is 1.23 bits per heavy atom. The summed E-state index contributed by atoms with van der Waals surface area (Å²) in [5.41, 5.74) is 0. The standard InChI is InChI=1S/C13H16F2N2O4S/c14-11-2-1-10(9-12(11)15)22(19,20)16-4-3-13(18)17-5-7-21-8-6-17/h1-2,9,16H,3-8H2. The number of rotatable bonds is 5. The summed E-state index contributed by atoms with van der Waals surface area (Å²) in [6.45, 7) is 1.78. The van der Waals surface area contributed by atoms with Gasteiger partial charge in [-0.1, -0.05) is 0 Å². The SMILES string of the molecule is O=C(CCNS(=O)(=O)c1ccc(F)c(F)c1)N1CCOCC1. The zero-order chi connectivity index (χ0) is 16.2. The largest absolute Gasteiger partial charge is 0.378 e. The molecule has 9 heteroatoms. The van der Waals surface area contributed by atoms with Gasteiger partial charge in [-0.2, -0.15) is 0 Å². The Labute approximate surface area is 127 Å². The Morgan fingerprint density at radius 3 is 2.55 bits per heavy atom. The van der Waals surface area contributed by atoms with E-state index in [-0.39, 0.29) is 23.8 Å². The third-order valence-corrected chi connectivity index (χ3v) is 4.65. The molecule has 0 saturated carbocycles. The minimum atomic E-state index is -3.98. The van der Waals surface area contributed by atoms with E-state index in [1.54, 1.807) is 4.90 Å². The van der Waals surface area contributed by atoms with Gasteiger partial charge in [0.05, 0.1) is 18.1 Å². The summed E-state index contributed by atoms with van der Waals surface area (Å²) in [6, 6.07) is 2.30. The second kappa shape index (κ2) is 7.12. The predicted molar refractivity (Wildman–Crippen MR) is 73.6 cm³/mol. The minimum absolute atomic E-state index is 0.0110. The molecule has 1 heterocycles. The van der Waals surface area contributed by atoms with Crippen LogP contribution in [0, 0.1) is 11.6 Å². The topological polar surface area (TPSA) is 75.7 Å². The van der Waals surface area contributed by atoms with E-state index >= 15 is 0 Å². The molecule has 122 valence electrons. The van der Waals surface area contributed by atoms with E-state index in [0.717, 1.165) is 12.1 Å². The summed E-state index contributed by atoms with van der Waals surface area (Å²) >= 11 is 0. The summed E-state index contributed by atoms with van der Waals surface area (Å²) in [5, 5.41) is 0. The van der Waals surface area contributed by atoms with Gasteiger partial charge in [-0.15, -0.1) is 0 Å². The molecule has 0 bridgehead atoms. The smallest absolute Gasteiger partial charge is 0.240 e. The van der Waals surface area contributed by atoms with E-state index < -0.39 is 21.7 Å². The molecule has 0 spiro atoms. The molecule has 0 atom stereocenters. The van der Waals surface area contributed by atoms with Crippen LogP contribution in [0.4, 0.5) is 8.78 Å². The predicted octanol–water partition coefficient (Wildman–Crippen LogP) is 0.492. The molecule has 22 heavy (non-hydrogen) atoms. The number of hydrogen-bond donors (Lipinski definition) is 1. The highest BCUT2D eigenvalue weighted by Crippen LogP contribution is 2.13. The number of ether oxygens (including phenoxy) is 1. The molecule has 1 aliphatic heterocycles. The van der Waals surface area contributed by atoms with Crippen molar-refractivity contribution in [2.75, 3.05) is 32.8 Å². The number of carbonyl (C=O) groups is 1. The number of halogens is 2. The van der Waals surface area contributed by atoms with Crippen LogP contribution in [0.3, 0.4) is 0 Å². The van der Waals surface area contributed by atoms with E-state index in [0.29, 0.717) is 32.4 Å². The van der Waals surface area contributed by atoms with Crippen molar-refractivity contribution in [1.29, 1.82) is 0 Å². The Balaban J connectivity index is 1.89. The van der Waals surface area contributed by atoms with Crippen molar-refractivity contribution in [3.8, 4) is 0 Å². The second-order valence-corrected chi connectivity index (χ2v) is 6.48. The van der Waals surface area contributed by atoms with Crippen molar-refractivity contribution in [2.45, 2.75) is 11.3 Å². The van der Waals surface area contributed by atoms with Crippen LogP contribution in [0.25, 0.3) is 0 Å². The van der Waals surface area contributed by atoms with Crippen molar-refractivity contribution >= 4 is 15.9 Å². The maximum atomic E-state index is 13.1. The average Bonchev–Trinajstić information content (AvgIpc) is 2.50. The van der Waals surface area contributed by atoms with Crippen molar-refractivity contribution in [2.24, 2.45) is 0 Å². The van der Waals surface area contributed by atoms with Crippen LogP contribution in [-0.4, -0.2) is 52.1 Å². The van der Waals surface area contributed by atoms with Gasteiger partial charge in [0.2, 0.25) is 15.9 Å². The summed E-state index contributed by atoms with van der Waals surface area (Å²) in [7, 11) is -3.98. The lowest BCUT2D eigenvalue weighted by Gasteiger charge is -2.26. The van der Waals surface area contributed by atoms with Gasteiger partial charge in [0.1, 0.15) is 0 Å². The molecule has 6 nitrogen and oxygen atoms in total. The monoisotopic (exact) mass is 334 g/mol. The number of morpholine rings is 1. The minimum Gasteiger partial charge on any atom is -0.378 e. The van der Waals surface area contributed by atoms with E-state index in [1.807, 2.05) is 0 Å². The fourth-order valence-electron chi connectivity index (χ4n) is 1.99. The Morgan fingerprint density at radius 2 is 1.91 bits per heavy atom. The lowest BCUT2D eigenvalue weighted by Crippen LogP contribution is -2.42. The van der Waals surface area contributed by atoms with Gasteiger partial charge in [0, 0.05) is 26.1 Å². The van der Waals surface area contributed by atoms with Gasteiger partial charge in [0.15, 0.2) is 11.6 Å². The summed E-state index contributed by atoms with van der Waals surface area (Å²) in [5.74, 6) is -2.55. The van der Waals surface area contributed by atoms with Gasteiger partial charge in [0.25, 0.3) is 0 Å². The fourth-order valence-corrected chi connectivity index (χ4v) is 3.03. The first kappa shape index (κ1) is 16.8. The Hall–Kier alpha value is -1.58. The van der Waals surface area contributed by atoms with E-state index in [2.05, 4.69) is 4.72 Å². The molecule has 0 unspecified atom stereocenters. The van der Waals surface area contributed by atoms with E-state index in [4.69, 9.17) is 4.74 Å². The van der Waals surface area contributed by atoms with Crippen LogP contribution >= 0.6 is 0 Å². The molecule has 1 saturated heterocycles. The lowest BCUT2D eigenvalue weighted by molar-refractivity contribution is -0.135. The molecule has 0 aromatic heterocycles. The first-order valence-corrected chi connectivity index (χ1v) is 8.19. The molecule has 0 radical (unpaired) electrons. The molecular formula is C13H16F2N2O4S. The van der Waals surface area contributed by atoms with Gasteiger partial charge in [-0.25, -0.2) is 21.9 Å². The van der Waals surface area contributed by atoms with Gasteiger partial charge in [-0.3, -0.25) is 4.79 Å². The van der Waals surface area contributed by atoms with E-state index in [9.17, 15) is 22.0 Å². The summed E-state index contributed by atoms with van der Waals surface area (Å²) < 4.78 is 57.0. The van der Waals surface area contributed by atoms with Crippen LogP contribution < -0.4 is 4.72 Å². The van der Waals surface area contributed by atoms with Crippen molar-refractivity contribution in [3.05, 3.63) is 29.8 Å². The Bertz CT molecular complexity index is 645. The zero-order valence-corrected chi connectivity index (χ0v) is 12.5. The molecule has 1 aromatic rings. The van der Waals surface area contributed by atoms with Crippen LogP contribution in [0.1, 0.15) is 6.42 Å². The summed E-state index contributed by atoms with van der Waals surface area (Å²) in [6.07, 6.45) is -0.0110. The molecule has 1 fully saturated rings. The van der Waals surface area contributed by atoms with Gasteiger partial charge < -0.3 is 9.64 Å². The number of hydrogen-bond acceptors (Lipinski definition) is 4. The molecule has 1 amide bonds. The molecule has 2 rings (SSSR count). The van der Waals surface area contributed by atoms with Gasteiger partial charge >= 0.3 is 0 Å². The molecule has 1 aromatic carbocycles. The fraction of sp³-hybridized carbons (Fsp3) is 0.462. The van der Waals surface area contributed by atoms with Gasteiger partial charge in [-0.05, 0) is 18.2 Å². The van der Waals surface area contributed by atoms with Crippen LogP contribution in [-0.2, 0) is 19.6 Å². The van der Waals surface area contributed by atoms with Crippen LogP contribution in [0.15, 0.2) is 23.1 Å². The number of nitrogens with one attached hydrogen (secondary N) is 1. The Kier molecular flexibility index (Phi) is 5.43. The average molecular weight is 334 g/mol. The molecular weight excluding hydrogens is 318 g/mol. The van der Waals surface area contributed by atoms with Crippen LogP contribution in [0.5, 0.6) is 0 Å². The quantitative estimate of drug-likeness (QED) is 0.850. The number of sulfonamides is 1. The van der Waals surface area contributed by atoms with Crippen molar-refractivity contribution in [1.82, 2.24) is 9.62 Å². The molecule has 1 N–H and O–H groups in total. The first-order chi connectivity index (χ1) is 10.4. The highest BCUT2D eigenvalue weighted by Gasteiger charge is 2.19. The summed E-state index contributed by atoms with van der Waals surface area (Å²) in [4.78, 5) is 13.1. The molecule has 1 aliphatic rings. The number of nitrogens with zero attached hydrogens (tertiary/aromatic N) is 1. The van der Waals surface area contributed by atoms with E-state index in [1.165, 1.54) is 0 Å². The second-order valence-electron chi connectivity index (χ2n) is 4.72. The maximum Gasteiger partial charge on any atom is 0.240 e. The number of carbonyl (C=O) groups excluding carboxylic acids is 1. The number of amides is 1. The van der Waals surface area contributed by atoms with Crippen molar-refractivity contribution < 1.29 is 26.7 Å². The third-order valence-electron chi connectivity index (χ3n) is 3.20. The maximum absolute atomic E-state index is 13.1. The van der Waals surface area contributed by atoms with Crippen LogP contribution in [0.2, 0.25) is 0 Å².